The van der Waals surface area contributed by atoms with E-state index < -0.39 is 17.1 Å². The second-order valence-electron chi connectivity index (χ2n) is 5.06. The fourth-order valence-corrected chi connectivity index (χ4v) is 1.99. The standard InChI is InChI=1S/C16H16N2O5/c1-10(16(21)11-2-5-14(19)6-3-11)17-9-12-8-13(18(22)23)4-7-15(12)20/h2-10,16,19-21H,1H3/t10-,16+/m1/s1. The summed E-state index contributed by atoms with van der Waals surface area (Å²) in [7, 11) is 0. The van der Waals surface area contributed by atoms with Crippen molar-refractivity contribution in [2.75, 3.05) is 0 Å². The van der Waals surface area contributed by atoms with Crippen molar-refractivity contribution in [3.63, 3.8) is 0 Å². The third kappa shape index (κ3) is 4.04. The molecule has 0 unspecified atom stereocenters. The largest absolute Gasteiger partial charge is 0.508 e. The maximum absolute atomic E-state index is 10.7. The van der Waals surface area contributed by atoms with E-state index >= 15 is 0 Å². The van der Waals surface area contributed by atoms with E-state index in [0.717, 1.165) is 0 Å². The molecule has 120 valence electrons. The lowest BCUT2D eigenvalue weighted by Gasteiger charge is -2.15. The van der Waals surface area contributed by atoms with Crippen molar-refractivity contribution in [3.05, 3.63) is 63.7 Å². The molecule has 0 aliphatic carbocycles. The van der Waals surface area contributed by atoms with Crippen LogP contribution in [-0.2, 0) is 0 Å². The molecular weight excluding hydrogens is 300 g/mol. The lowest BCUT2D eigenvalue weighted by Crippen LogP contribution is -2.12. The van der Waals surface area contributed by atoms with E-state index in [9.17, 15) is 25.4 Å². The minimum atomic E-state index is -0.910. The van der Waals surface area contributed by atoms with Crippen LogP contribution in [0.3, 0.4) is 0 Å². The molecule has 0 heterocycles. The summed E-state index contributed by atoms with van der Waals surface area (Å²) < 4.78 is 0. The summed E-state index contributed by atoms with van der Waals surface area (Å²) in [5, 5.41) is 39.9. The van der Waals surface area contributed by atoms with Crippen LogP contribution in [0.2, 0.25) is 0 Å². The summed E-state index contributed by atoms with van der Waals surface area (Å²) in [6.45, 7) is 1.67. The van der Waals surface area contributed by atoms with E-state index in [0.29, 0.717) is 5.56 Å². The highest BCUT2D eigenvalue weighted by molar-refractivity contribution is 5.84. The summed E-state index contributed by atoms with van der Waals surface area (Å²) in [6, 6.07) is 9.16. The van der Waals surface area contributed by atoms with Gasteiger partial charge in [0.2, 0.25) is 0 Å². The summed E-state index contributed by atoms with van der Waals surface area (Å²) >= 11 is 0. The normalized spacial score (nSPS) is 13.8. The van der Waals surface area contributed by atoms with Gasteiger partial charge in [-0.1, -0.05) is 12.1 Å². The molecule has 0 amide bonds. The monoisotopic (exact) mass is 316 g/mol. The Labute approximate surface area is 132 Å². The van der Waals surface area contributed by atoms with Crippen LogP contribution in [0.5, 0.6) is 11.5 Å². The fourth-order valence-electron chi connectivity index (χ4n) is 1.99. The van der Waals surface area contributed by atoms with Crippen molar-refractivity contribution in [3.8, 4) is 11.5 Å². The van der Waals surface area contributed by atoms with Crippen molar-refractivity contribution in [2.45, 2.75) is 19.1 Å². The van der Waals surface area contributed by atoms with Crippen LogP contribution in [0, 0.1) is 10.1 Å². The van der Waals surface area contributed by atoms with Gasteiger partial charge in [-0.05, 0) is 30.7 Å². The third-order valence-electron chi connectivity index (χ3n) is 3.36. The number of aliphatic imine (C=N–C) groups is 1. The highest BCUT2D eigenvalue weighted by atomic mass is 16.6. The third-order valence-corrected chi connectivity index (χ3v) is 3.36. The maximum atomic E-state index is 10.7. The van der Waals surface area contributed by atoms with E-state index in [-0.39, 0.29) is 22.7 Å². The van der Waals surface area contributed by atoms with E-state index in [1.54, 1.807) is 19.1 Å². The number of nitro groups is 1. The molecule has 0 aliphatic heterocycles. The van der Waals surface area contributed by atoms with Gasteiger partial charge >= 0.3 is 0 Å². The van der Waals surface area contributed by atoms with E-state index in [1.807, 2.05) is 0 Å². The van der Waals surface area contributed by atoms with Gasteiger partial charge in [0.05, 0.1) is 11.0 Å². The van der Waals surface area contributed by atoms with Gasteiger partial charge in [0.15, 0.2) is 0 Å². The number of benzene rings is 2. The molecule has 2 aromatic rings. The SMILES string of the molecule is C[C@@H](N=Cc1cc([N+](=O)[O-])ccc1O)[C@H](O)c1ccc(O)cc1. The Morgan fingerprint density at radius 1 is 1.17 bits per heavy atom. The molecule has 0 fully saturated rings. The topological polar surface area (TPSA) is 116 Å². The Balaban J connectivity index is 2.17. The summed E-state index contributed by atoms with van der Waals surface area (Å²) in [4.78, 5) is 14.3. The van der Waals surface area contributed by atoms with Crippen LogP contribution in [0.1, 0.15) is 24.2 Å². The van der Waals surface area contributed by atoms with Gasteiger partial charge in [-0.3, -0.25) is 15.1 Å². The Morgan fingerprint density at radius 3 is 2.43 bits per heavy atom. The number of non-ortho nitro benzene ring substituents is 1. The van der Waals surface area contributed by atoms with Gasteiger partial charge < -0.3 is 15.3 Å². The van der Waals surface area contributed by atoms with E-state index in [2.05, 4.69) is 4.99 Å². The first kappa shape index (κ1) is 16.4. The van der Waals surface area contributed by atoms with Crippen molar-refractivity contribution in [2.24, 2.45) is 4.99 Å². The van der Waals surface area contributed by atoms with Crippen molar-refractivity contribution in [1.82, 2.24) is 0 Å². The van der Waals surface area contributed by atoms with E-state index in [1.165, 1.54) is 36.5 Å². The molecule has 7 nitrogen and oxygen atoms in total. The van der Waals surface area contributed by atoms with Gasteiger partial charge in [-0.15, -0.1) is 0 Å². The smallest absolute Gasteiger partial charge is 0.270 e. The lowest BCUT2D eigenvalue weighted by molar-refractivity contribution is -0.384. The van der Waals surface area contributed by atoms with Crippen LogP contribution in [0.15, 0.2) is 47.5 Å². The fraction of sp³-hybridized carbons (Fsp3) is 0.188. The molecule has 0 bridgehead atoms. The molecule has 3 N–H and O–H groups in total. The first-order valence-corrected chi connectivity index (χ1v) is 6.86. The second-order valence-corrected chi connectivity index (χ2v) is 5.06. The lowest BCUT2D eigenvalue weighted by atomic mass is 10.0. The average molecular weight is 316 g/mol. The summed E-state index contributed by atoms with van der Waals surface area (Å²) in [5.74, 6) is -0.0377. The molecule has 0 radical (unpaired) electrons. The molecule has 0 aliphatic rings. The van der Waals surface area contributed by atoms with Crippen molar-refractivity contribution >= 4 is 11.9 Å². The first-order valence-electron chi connectivity index (χ1n) is 6.86. The van der Waals surface area contributed by atoms with Crippen LogP contribution >= 0.6 is 0 Å². The summed E-state index contributed by atoms with van der Waals surface area (Å²) in [6.07, 6.45) is 0.379. The van der Waals surface area contributed by atoms with Crippen LogP contribution < -0.4 is 0 Å². The Kier molecular flexibility index (Phi) is 4.92. The molecule has 2 rings (SSSR count). The number of nitrogens with zero attached hydrogens (tertiary/aromatic N) is 2. The number of rotatable bonds is 5. The van der Waals surface area contributed by atoms with Crippen molar-refractivity contribution < 1.29 is 20.2 Å². The van der Waals surface area contributed by atoms with Gasteiger partial charge in [0, 0.05) is 23.9 Å². The van der Waals surface area contributed by atoms with Crippen LogP contribution in [0.25, 0.3) is 0 Å². The zero-order chi connectivity index (χ0) is 17.0. The highest BCUT2D eigenvalue weighted by Gasteiger charge is 2.15. The summed E-state index contributed by atoms with van der Waals surface area (Å²) in [5.41, 5.74) is 0.621. The Hall–Kier alpha value is -2.93. The zero-order valence-electron chi connectivity index (χ0n) is 12.3. The minimum absolute atomic E-state index is 0.0959. The molecule has 2 aromatic carbocycles. The number of aliphatic hydroxyl groups excluding tert-OH is 1. The average Bonchev–Trinajstić information content (AvgIpc) is 2.53. The number of phenolic OH excluding ortho intramolecular Hbond substituents is 2. The zero-order valence-corrected chi connectivity index (χ0v) is 12.3. The van der Waals surface area contributed by atoms with Crippen LogP contribution in [0.4, 0.5) is 5.69 Å². The number of phenols is 2. The Bertz CT molecular complexity index is 728. The van der Waals surface area contributed by atoms with Gasteiger partial charge in [-0.2, -0.15) is 0 Å². The van der Waals surface area contributed by atoms with Crippen LogP contribution in [-0.4, -0.2) is 32.5 Å². The van der Waals surface area contributed by atoms with Crippen molar-refractivity contribution in [1.29, 1.82) is 0 Å². The first-order chi connectivity index (χ1) is 10.9. The molecule has 0 saturated heterocycles. The van der Waals surface area contributed by atoms with Gasteiger partial charge in [0.25, 0.3) is 5.69 Å². The maximum Gasteiger partial charge on any atom is 0.270 e. The number of hydrogen-bond donors (Lipinski definition) is 3. The number of nitro benzene ring substituents is 1. The second kappa shape index (κ2) is 6.89. The van der Waals surface area contributed by atoms with Gasteiger partial charge in [0.1, 0.15) is 17.6 Å². The molecule has 2 atom stereocenters. The molecular formula is C16H16N2O5. The quantitative estimate of drug-likeness (QED) is 0.445. The minimum Gasteiger partial charge on any atom is -0.508 e. The van der Waals surface area contributed by atoms with E-state index in [4.69, 9.17) is 0 Å². The molecule has 0 spiro atoms. The highest BCUT2D eigenvalue weighted by Crippen LogP contribution is 2.24. The number of hydrogen-bond acceptors (Lipinski definition) is 6. The van der Waals surface area contributed by atoms with Gasteiger partial charge in [-0.25, -0.2) is 0 Å². The molecule has 7 heteroatoms. The predicted molar refractivity (Wildman–Crippen MR) is 84.9 cm³/mol. The number of aromatic hydroxyl groups is 2. The molecule has 0 saturated carbocycles. The predicted octanol–water partition coefficient (Wildman–Crippen LogP) is 2.55. The molecule has 0 aromatic heterocycles. The molecule has 23 heavy (non-hydrogen) atoms. The number of aliphatic hydroxyl groups is 1. The Morgan fingerprint density at radius 2 is 1.83 bits per heavy atom.